The maximum Gasteiger partial charge on any atom is 1.00 e. The zero-order valence-corrected chi connectivity index (χ0v) is 12.8. The smallest absolute Gasteiger partial charge is 0.748 e. The van der Waals surface area contributed by atoms with Gasteiger partial charge in [0.25, 0.3) is 0 Å². The van der Waals surface area contributed by atoms with Crippen LogP contribution >= 0.6 is 0 Å². The largest absolute Gasteiger partial charge is 1.00 e. The Labute approximate surface area is 121 Å². The van der Waals surface area contributed by atoms with Gasteiger partial charge in [-0.25, -0.2) is 16.8 Å². The van der Waals surface area contributed by atoms with Crippen molar-refractivity contribution in [3.05, 3.63) is 11.5 Å². The van der Waals surface area contributed by atoms with E-state index in [1.807, 2.05) is 0 Å². The van der Waals surface area contributed by atoms with Crippen LogP contribution in [0, 0.1) is 0 Å². The van der Waals surface area contributed by atoms with Crippen LogP contribution in [0.25, 0.3) is 0 Å². The van der Waals surface area contributed by atoms with Crippen LogP contribution in [-0.2, 0) is 20.2 Å². The Morgan fingerprint density at radius 2 is 1.38 bits per heavy atom. The van der Waals surface area contributed by atoms with Gasteiger partial charge >= 0.3 is 59.1 Å². The van der Waals surface area contributed by atoms with Gasteiger partial charge in [0, 0.05) is 5.41 Å². The van der Waals surface area contributed by atoms with E-state index < -0.39 is 26.0 Å². The topological polar surface area (TPSA) is 114 Å². The minimum absolute atomic E-state index is 0. The van der Waals surface area contributed by atoms with Gasteiger partial charge in [0.15, 0.2) is 0 Å². The molecular formula is C3H4Na2O6S2. The second kappa shape index (κ2) is 7.80. The summed E-state index contributed by atoms with van der Waals surface area (Å²) in [5.74, 6) is -0.992. The van der Waals surface area contributed by atoms with E-state index in [0.717, 1.165) is 0 Å². The molecule has 0 fully saturated rings. The van der Waals surface area contributed by atoms with Gasteiger partial charge in [0.05, 0.1) is 15.9 Å². The summed E-state index contributed by atoms with van der Waals surface area (Å²) < 4.78 is 58.8. The van der Waals surface area contributed by atoms with Crippen LogP contribution in [0.1, 0.15) is 0 Å². The average Bonchev–Trinajstić information content (AvgIpc) is 1.55. The summed E-state index contributed by atoms with van der Waals surface area (Å²) in [6, 6.07) is 0. The number of hydrogen-bond donors (Lipinski definition) is 0. The molecule has 0 bridgehead atoms. The molecule has 13 heavy (non-hydrogen) atoms. The van der Waals surface area contributed by atoms with Crippen molar-refractivity contribution in [1.29, 1.82) is 0 Å². The summed E-state index contributed by atoms with van der Waals surface area (Å²) in [6.45, 7) is 0. The molecule has 0 heterocycles. The molecule has 0 saturated carbocycles. The fourth-order valence-electron chi connectivity index (χ4n) is 0.275. The predicted molar refractivity (Wildman–Crippen MR) is 33.4 cm³/mol. The van der Waals surface area contributed by atoms with Crippen LogP contribution in [0.5, 0.6) is 0 Å². The zero-order valence-electron chi connectivity index (χ0n) is 7.13. The first-order valence-electron chi connectivity index (χ1n) is 2.27. The van der Waals surface area contributed by atoms with Crippen LogP contribution in [0.3, 0.4) is 0 Å². The summed E-state index contributed by atoms with van der Waals surface area (Å²) in [7, 11) is -9.07. The van der Waals surface area contributed by atoms with Gasteiger partial charge in [-0.3, -0.25) is 0 Å². The Balaban J connectivity index is -0.000000500. The minimum Gasteiger partial charge on any atom is -0.748 e. The van der Waals surface area contributed by atoms with Gasteiger partial charge in [0.2, 0.25) is 0 Å². The van der Waals surface area contributed by atoms with E-state index in [2.05, 4.69) is 0 Å². The quantitative estimate of drug-likeness (QED) is 0.361. The van der Waals surface area contributed by atoms with E-state index in [0.29, 0.717) is 6.08 Å². The summed E-state index contributed by atoms with van der Waals surface area (Å²) in [5, 5.41) is 0.127. The maximum absolute atomic E-state index is 9.81. The van der Waals surface area contributed by atoms with Crippen LogP contribution in [0.4, 0.5) is 0 Å². The van der Waals surface area contributed by atoms with Gasteiger partial charge in [-0.2, -0.15) is 0 Å². The minimum atomic E-state index is -4.58. The van der Waals surface area contributed by atoms with Crippen LogP contribution < -0.4 is 59.1 Å². The summed E-state index contributed by atoms with van der Waals surface area (Å²) in [4.78, 5) is 0. The summed E-state index contributed by atoms with van der Waals surface area (Å²) >= 11 is 0. The number of hydrogen-bond acceptors (Lipinski definition) is 6. The molecule has 0 aliphatic heterocycles. The SMILES string of the molecule is O=S(=O)([O-])C=CCS(=O)(=O)[O-].[Na+].[Na+]. The second-order valence-electron chi connectivity index (χ2n) is 1.59. The maximum atomic E-state index is 9.81. The van der Waals surface area contributed by atoms with E-state index in [1.54, 1.807) is 0 Å². The van der Waals surface area contributed by atoms with Crippen molar-refractivity contribution in [3.8, 4) is 0 Å². The second-order valence-corrected chi connectivity index (χ2v) is 4.30. The molecular weight excluding hydrogens is 242 g/mol. The molecule has 10 heteroatoms. The van der Waals surface area contributed by atoms with Crippen molar-refractivity contribution in [1.82, 2.24) is 0 Å². The molecule has 0 spiro atoms. The molecule has 0 aliphatic carbocycles. The van der Waals surface area contributed by atoms with E-state index in [4.69, 9.17) is 0 Å². The van der Waals surface area contributed by atoms with Crippen LogP contribution in [-0.4, -0.2) is 31.7 Å². The van der Waals surface area contributed by atoms with Crippen LogP contribution in [0.2, 0.25) is 0 Å². The molecule has 0 aromatic heterocycles. The Morgan fingerprint density at radius 1 is 1.00 bits per heavy atom. The fourth-order valence-corrected chi connectivity index (χ4v) is 1.06. The first-order valence-corrected chi connectivity index (χ1v) is 5.31. The standard InChI is InChI=1S/C3H6O6S2.2Na/c4-10(5,6)2-1-3-11(7,8)9;;/h1-2H,3H2,(H,4,5,6)(H,7,8,9);;/q;2*+1/p-2. The third-order valence-corrected chi connectivity index (χ3v) is 1.69. The Kier molecular flexibility index (Phi) is 12.0. The van der Waals surface area contributed by atoms with Crippen molar-refractivity contribution >= 4 is 20.2 Å². The third kappa shape index (κ3) is 19.8. The fraction of sp³-hybridized carbons (Fsp3) is 0.333. The zero-order chi connectivity index (χ0) is 9.12. The summed E-state index contributed by atoms with van der Waals surface area (Å²) in [5.41, 5.74) is 0. The van der Waals surface area contributed by atoms with E-state index >= 15 is 0 Å². The molecule has 0 saturated heterocycles. The van der Waals surface area contributed by atoms with E-state index in [-0.39, 0.29) is 64.5 Å². The molecule has 0 aromatic rings. The molecule has 66 valence electrons. The molecule has 6 nitrogen and oxygen atoms in total. The Bertz CT molecular complexity index is 340. The molecule has 0 aliphatic rings. The van der Waals surface area contributed by atoms with Gasteiger partial charge < -0.3 is 9.11 Å². The monoisotopic (exact) mass is 246 g/mol. The normalized spacial score (nSPS) is 11.8. The van der Waals surface area contributed by atoms with Crippen molar-refractivity contribution in [2.45, 2.75) is 0 Å². The predicted octanol–water partition coefficient (Wildman–Crippen LogP) is -7.40. The molecule has 0 amide bonds. The third-order valence-electron chi connectivity index (χ3n) is 0.563. The molecule has 0 radical (unpaired) electrons. The molecule has 0 aromatic carbocycles. The van der Waals surface area contributed by atoms with E-state index in [9.17, 15) is 25.9 Å². The molecule has 0 atom stereocenters. The van der Waals surface area contributed by atoms with Gasteiger partial charge in [-0.05, 0) is 0 Å². The summed E-state index contributed by atoms with van der Waals surface area (Å²) in [6.07, 6.45) is 0.491. The van der Waals surface area contributed by atoms with Crippen molar-refractivity contribution in [2.75, 3.05) is 5.75 Å². The van der Waals surface area contributed by atoms with Crippen molar-refractivity contribution in [2.24, 2.45) is 0 Å². The van der Waals surface area contributed by atoms with Crippen molar-refractivity contribution < 1.29 is 85.1 Å². The number of rotatable bonds is 3. The van der Waals surface area contributed by atoms with Gasteiger partial charge in [-0.15, -0.1) is 0 Å². The molecule has 0 rings (SSSR count). The molecule has 0 unspecified atom stereocenters. The van der Waals surface area contributed by atoms with Gasteiger partial charge in [0.1, 0.15) is 10.1 Å². The Morgan fingerprint density at radius 3 is 1.62 bits per heavy atom. The van der Waals surface area contributed by atoms with Crippen molar-refractivity contribution in [3.63, 3.8) is 0 Å². The van der Waals surface area contributed by atoms with Crippen LogP contribution in [0.15, 0.2) is 11.5 Å². The first-order chi connectivity index (χ1) is 4.71. The average molecular weight is 246 g/mol. The first kappa shape index (κ1) is 20.0. The Hall–Kier alpha value is 1.56. The van der Waals surface area contributed by atoms with Gasteiger partial charge in [-0.1, -0.05) is 6.08 Å². The van der Waals surface area contributed by atoms with E-state index in [1.165, 1.54) is 0 Å². The molecule has 0 N–H and O–H groups in total.